The van der Waals surface area contributed by atoms with E-state index in [-0.39, 0.29) is 25.1 Å². The number of carboxylic acid groups (broad SMARTS) is 1. The Labute approximate surface area is 183 Å². The highest BCUT2D eigenvalue weighted by atomic mass is 16.7. The van der Waals surface area contributed by atoms with Crippen molar-refractivity contribution in [3.8, 4) is 23.1 Å². The number of benzene rings is 2. The van der Waals surface area contributed by atoms with Crippen LogP contribution in [0.3, 0.4) is 0 Å². The van der Waals surface area contributed by atoms with Gasteiger partial charge in [0, 0.05) is 18.8 Å². The van der Waals surface area contributed by atoms with Crippen molar-refractivity contribution in [3.63, 3.8) is 0 Å². The largest absolute Gasteiger partial charge is 0.481 e. The van der Waals surface area contributed by atoms with E-state index < -0.39 is 11.4 Å². The molecule has 1 saturated carbocycles. The van der Waals surface area contributed by atoms with Crippen LogP contribution in [0.15, 0.2) is 60.8 Å². The third-order valence-corrected chi connectivity index (χ3v) is 5.69. The van der Waals surface area contributed by atoms with E-state index in [0.29, 0.717) is 35.7 Å². The van der Waals surface area contributed by atoms with Gasteiger partial charge in [-0.15, -0.1) is 0 Å². The van der Waals surface area contributed by atoms with Crippen LogP contribution in [0.1, 0.15) is 34.3 Å². The van der Waals surface area contributed by atoms with Gasteiger partial charge in [-0.3, -0.25) is 9.59 Å². The molecule has 3 aromatic rings. The fourth-order valence-electron chi connectivity index (χ4n) is 3.67. The van der Waals surface area contributed by atoms with Crippen LogP contribution in [0.2, 0.25) is 0 Å². The Hall–Kier alpha value is -4.07. The zero-order valence-corrected chi connectivity index (χ0v) is 17.0. The zero-order chi connectivity index (χ0) is 22.1. The fraction of sp³-hybridized carbons (Fsp3) is 0.208. The predicted molar refractivity (Wildman–Crippen MR) is 113 cm³/mol. The molecule has 0 radical (unpaired) electrons. The number of nitrogens with one attached hydrogen (secondary N) is 1. The van der Waals surface area contributed by atoms with Gasteiger partial charge in [0.25, 0.3) is 5.91 Å². The SMILES string of the molecule is O=C(NCc1ccc(C2(C(=O)O)CC2)cc1)c1cccnc1Oc1ccc2c(c1)OCO2. The van der Waals surface area contributed by atoms with E-state index >= 15 is 0 Å². The first-order valence-electron chi connectivity index (χ1n) is 10.2. The highest BCUT2D eigenvalue weighted by Gasteiger charge is 2.51. The molecule has 0 spiro atoms. The van der Waals surface area contributed by atoms with Gasteiger partial charge in [0.2, 0.25) is 12.7 Å². The molecule has 0 saturated heterocycles. The maximum absolute atomic E-state index is 12.8. The van der Waals surface area contributed by atoms with Gasteiger partial charge in [0.1, 0.15) is 11.3 Å². The van der Waals surface area contributed by atoms with Crippen LogP contribution in [0, 0.1) is 0 Å². The molecule has 0 atom stereocenters. The minimum absolute atomic E-state index is 0.161. The van der Waals surface area contributed by atoms with E-state index in [4.69, 9.17) is 14.2 Å². The Morgan fingerprint density at radius 1 is 1.06 bits per heavy atom. The van der Waals surface area contributed by atoms with E-state index in [0.717, 1.165) is 11.1 Å². The molecule has 162 valence electrons. The summed E-state index contributed by atoms with van der Waals surface area (Å²) in [5.41, 5.74) is 1.22. The van der Waals surface area contributed by atoms with E-state index in [9.17, 15) is 14.7 Å². The monoisotopic (exact) mass is 432 g/mol. The molecule has 2 aliphatic rings. The molecule has 8 nitrogen and oxygen atoms in total. The number of nitrogens with zero attached hydrogens (tertiary/aromatic N) is 1. The Balaban J connectivity index is 1.26. The first kappa shape index (κ1) is 19.9. The number of aromatic nitrogens is 1. The van der Waals surface area contributed by atoms with E-state index in [1.165, 1.54) is 0 Å². The standard InChI is InChI=1S/C24H20N2O6/c27-21(26-13-15-3-5-16(6-4-15)24(9-10-24)23(28)29)18-2-1-11-25-22(18)32-17-7-8-19-20(12-17)31-14-30-19/h1-8,11-12H,9-10,13-14H2,(H,26,27)(H,28,29). The van der Waals surface area contributed by atoms with Crippen LogP contribution < -0.4 is 19.5 Å². The highest BCUT2D eigenvalue weighted by molar-refractivity contribution is 5.96. The maximum atomic E-state index is 12.8. The molecular formula is C24H20N2O6. The molecule has 2 N–H and O–H groups in total. The number of hydrogen-bond donors (Lipinski definition) is 2. The van der Waals surface area contributed by atoms with Crippen molar-refractivity contribution < 1.29 is 28.9 Å². The molecule has 0 unspecified atom stereocenters. The number of carbonyl (C=O) groups excluding carboxylic acids is 1. The minimum atomic E-state index is -0.787. The second kappa shape index (κ2) is 7.88. The average Bonchev–Trinajstić information content (AvgIpc) is 3.50. The number of amides is 1. The number of ether oxygens (including phenoxy) is 3. The summed E-state index contributed by atoms with van der Waals surface area (Å²) < 4.78 is 16.5. The predicted octanol–water partition coefficient (Wildman–Crippen LogP) is 3.65. The van der Waals surface area contributed by atoms with Gasteiger partial charge >= 0.3 is 5.97 Å². The van der Waals surface area contributed by atoms with Gasteiger partial charge in [-0.1, -0.05) is 24.3 Å². The maximum Gasteiger partial charge on any atom is 0.314 e. The molecule has 1 amide bonds. The second-order valence-electron chi connectivity index (χ2n) is 7.74. The van der Waals surface area contributed by atoms with E-state index in [1.54, 1.807) is 36.5 Å². The molecule has 1 fully saturated rings. The summed E-state index contributed by atoms with van der Waals surface area (Å²) in [6.07, 6.45) is 2.87. The Bertz CT molecular complexity index is 1190. The number of fused-ring (bicyclic) bond motifs is 1. The summed E-state index contributed by atoms with van der Waals surface area (Å²) in [7, 11) is 0. The van der Waals surface area contributed by atoms with Gasteiger partial charge in [-0.05, 0) is 48.2 Å². The Morgan fingerprint density at radius 2 is 1.84 bits per heavy atom. The third kappa shape index (κ3) is 3.71. The molecule has 0 bridgehead atoms. The minimum Gasteiger partial charge on any atom is -0.481 e. The lowest BCUT2D eigenvalue weighted by atomic mass is 9.95. The van der Waals surface area contributed by atoms with Gasteiger partial charge in [0.15, 0.2) is 11.5 Å². The molecule has 2 aromatic carbocycles. The lowest BCUT2D eigenvalue weighted by molar-refractivity contribution is -0.140. The van der Waals surface area contributed by atoms with Gasteiger partial charge in [-0.25, -0.2) is 4.98 Å². The molecular weight excluding hydrogens is 412 g/mol. The Kier molecular flexibility index (Phi) is 4.89. The summed E-state index contributed by atoms with van der Waals surface area (Å²) >= 11 is 0. The van der Waals surface area contributed by atoms with Crippen molar-refractivity contribution in [1.29, 1.82) is 0 Å². The first-order chi connectivity index (χ1) is 15.5. The van der Waals surface area contributed by atoms with Crippen LogP contribution in [-0.4, -0.2) is 28.8 Å². The molecule has 1 aliphatic heterocycles. The molecule has 5 rings (SSSR count). The zero-order valence-electron chi connectivity index (χ0n) is 17.0. The number of aliphatic carboxylic acids is 1. The van der Waals surface area contributed by atoms with Crippen LogP contribution in [0.5, 0.6) is 23.1 Å². The smallest absolute Gasteiger partial charge is 0.314 e. The molecule has 1 aliphatic carbocycles. The van der Waals surface area contributed by atoms with Crippen molar-refractivity contribution in [2.75, 3.05) is 6.79 Å². The quantitative estimate of drug-likeness (QED) is 0.587. The highest BCUT2D eigenvalue weighted by Crippen LogP contribution is 2.48. The second-order valence-corrected chi connectivity index (χ2v) is 7.74. The van der Waals surface area contributed by atoms with Gasteiger partial charge in [-0.2, -0.15) is 0 Å². The van der Waals surface area contributed by atoms with Crippen LogP contribution >= 0.6 is 0 Å². The van der Waals surface area contributed by atoms with Crippen molar-refractivity contribution in [2.24, 2.45) is 0 Å². The van der Waals surface area contributed by atoms with Crippen LogP contribution in [0.25, 0.3) is 0 Å². The molecule has 2 heterocycles. The molecule has 1 aromatic heterocycles. The molecule has 8 heteroatoms. The van der Waals surface area contributed by atoms with Crippen LogP contribution in [-0.2, 0) is 16.8 Å². The first-order valence-corrected chi connectivity index (χ1v) is 10.2. The number of hydrogen-bond acceptors (Lipinski definition) is 6. The van der Waals surface area contributed by atoms with Gasteiger partial charge < -0.3 is 24.6 Å². The van der Waals surface area contributed by atoms with Crippen molar-refractivity contribution in [2.45, 2.75) is 24.8 Å². The van der Waals surface area contributed by atoms with E-state index in [2.05, 4.69) is 10.3 Å². The summed E-state index contributed by atoms with van der Waals surface area (Å²) in [5.74, 6) is 0.746. The Morgan fingerprint density at radius 3 is 2.59 bits per heavy atom. The summed E-state index contributed by atoms with van der Waals surface area (Å²) in [4.78, 5) is 28.5. The topological polar surface area (TPSA) is 107 Å². The summed E-state index contributed by atoms with van der Waals surface area (Å²) in [6.45, 7) is 0.450. The number of carboxylic acids is 1. The lowest BCUT2D eigenvalue weighted by Gasteiger charge is -2.12. The van der Waals surface area contributed by atoms with Crippen LogP contribution in [0.4, 0.5) is 0 Å². The van der Waals surface area contributed by atoms with E-state index in [1.807, 2.05) is 24.3 Å². The lowest BCUT2D eigenvalue weighted by Crippen LogP contribution is -2.24. The fourth-order valence-corrected chi connectivity index (χ4v) is 3.67. The summed E-state index contributed by atoms with van der Waals surface area (Å²) in [6, 6.07) is 15.8. The van der Waals surface area contributed by atoms with Crippen molar-refractivity contribution >= 4 is 11.9 Å². The normalized spacial score (nSPS) is 15.1. The van der Waals surface area contributed by atoms with Crippen molar-refractivity contribution in [3.05, 3.63) is 77.5 Å². The van der Waals surface area contributed by atoms with Gasteiger partial charge in [0.05, 0.1) is 5.41 Å². The van der Waals surface area contributed by atoms with Crippen molar-refractivity contribution in [1.82, 2.24) is 10.3 Å². The number of pyridine rings is 1. The third-order valence-electron chi connectivity index (χ3n) is 5.69. The number of rotatable bonds is 7. The summed E-state index contributed by atoms with van der Waals surface area (Å²) in [5, 5.41) is 12.3. The molecule has 32 heavy (non-hydrogen) atoms. The average molecular weight is 432 g/mol. The number of carbonyl (C=O) groups is 2.